The van der Waals surface area contributed by atoms with Crippen LogP contribution in [-0.4, -0.2) is 86.1 Å². The minimum atomic E-state index is -4.41. The number of hydrogen-bond donors (Lipinski definition) is 2. The molecule has 0 aliphatic rings. The molecule has 0 aromatic rings. The molecule has 11 heteroatoms. The Morgan fingerprint density at radius 2 is 1.17 bits per heavy atom. The van der Waals surface area contributed by atoms with Gasteiger partial charge in [0.25, 0.3) is 0 Å². The van der Waals surface area contributed by atoms with E-state index < -0.39 is 38.6 Å². The van der Waals surface area contributed by atoms with E-state index in [1.54, 1.807) is 6.08 Å². The SMILES string of the molecule is CC/C=C/CC(O)/C=C/C=C/CCCCCCCC(=O)O[C@H](COC(=O)CCCCC/C=C\C/C=C\C/C=C\C/C=C\CCCCC)COP(=O)(O)OCC[N+](C)(C)C. The summed E-state index contributed by atoms with van der Waals surface area (Å²) in [5.74, 6) is -0.897. The van der Waals surface area contributed by atoms with E-state index >= 15 is 0 Å². The minimum Gasteiger partial charge on any atom is -0.462 e. The lowest BCUT2D eigenvalue weighted by Crippen LogP contribution is -2.37. The Balaban J connectivity index is 4.49. The van der Waals surface area contributed by atoms with Gasteiger partial charge >= 0.3 is 19.8 Å². The smallest absolute Gasteiger partial charge is 0.462 e. The second kappa shape index (κ2) is 39.3. The topological polar surface area (TPSA) is 129 Å². The van der Waals surface area contributed by atoms with Crippen LogP contribution in [0.5, 0.6) is 0 Å². The molecule has 0 spiro atoms. The number of carbonyl (C=O) groups excluding carboxylic acids is 2. The van der Waals surface area contributed by atoms with E-state index in [1.807, 2.05) is 45.4 Å². The number of phosphoric ester groups is 1. The van der Waals surface area contributed by atoms with Crippen LogP contribution in [0.15, 0.2) is 85.1 Å². The summed E-state index contributed by atoms with van der Waals surface area (Å²) in [6.07, 6.45) is 46.7. The van der Waals surface area contributed by atoms with Gasteiger partial charge in [0.2, 0.25) is 0 Å². The van der Waals surface area contributed by atoms with Crippen molar-refractivity contribution in [1.29, 1.82) is 0 Å². The Kier molecular flexibility index (Phi) is 37.4. The van der Waals surface area contributed by atoms with Gasteiger partial charge in [-0.05, 0) is 83.5 Å². The predicted molar refractivity (Wildman–Crippen MR) is 244 cm³/mol. The van der Waals surface area contributed by atoms with Crippen LogP contribution in [0.1, 0.15) is 149 Å². The largest absolute Gasteiger partial charge is 0.472 e. The van der Waals surface area contributed by atoms with Crippen molar-refractivity contribution in [2.75, 3.05) is 47.5 Å². The summed E-state index contributed by atoms with van der Waals surface area (Å²) in [5, 5.41) is 9.89. The molecule has 3 atom stereocenters. The van der Waals surface area contributed by atoms with E-state index in [0.717, 1.165) is 77.0 Å². The first-order valence-corrected chi connectivity index (χ1v) is 23.9. The molecule has 0 saturated heterocycles. The Bertz CT molecular complexity index is 1300. The molecular weight excluding hydrogens is 766 g/mol. The highest BCUT2D eigenvalue weighted by molar-refractivity contribution is 7.47. The molecule has 0 saturated carbocycles. The summed E-state index contributed by atoms with van der Waals surface area (Å²) in [5.41, 5.74) is 0. The van der Waals surface area contributed by atoms with E-state index in [2.05, 4.69) is 68.5 Å². The van der Waals surface area contributed by atoms with Crippen molar-refractivity contribution in [2.24, 2.45) is 0 Å². The summed E-state index contributed by atoms with van der Waals surface area (Å²) in [6, 6.07) is 0. The number of ether oxygens (including phenoxy) is 2. The Morgan fingerprint density at radius 3 is 1.78 bits per heavy atom. The number of rotatable bonds is 39. The zero-order valence-electron chi connectivity index (χ0n) is 37.6. The average Bonchev–Trinajstić information content (AvgIpc) is 3.18. The van der Waals surface area contributed by atoms with E-state index in [0.29, 0.717) is 30.3 Å². The molecule has 2 N–H and O–H groups in total. The number of phosphoric acid groups is 1. The van der Waals surface area contributed by atoms with Crippen LogP contribution in [0.3, 0.4) is 0 Å². The molecule has 0 aliphatic carbocycles. The fourth-order valence-electron chi connectivity index (χ4n) is 5.44. The highest BCUT2D eigenvalue weighted by Gasteiger charge is 2.27. The highest BCUT2D eigenvalue weighted by Crippen LogP contribution is 2.43. The maximum Gasteiger partial charge on any atom is 0.472 e. The number of allylic oxidation sites excluding steroid dienone is 12. The van der Waals surface area contributed by atoms with Gasteiger partial charge in [0, 0.05) is 12.8 Å². The molecular formula is C48H83NO9P+. The third-order valence-electron chi connectivity index (χ3n) is 8.99. The van der Waals surface area contributed by atoms with Gasteiger partial charge in [-0.15, -0.1) is 0 Å². The number of hydrogen-bond acceptors (Lipinski definition) is 8. The standard InChI is InChI=1S/C48H82NO9P/c1-6-8-10-11-12-13-14-15-16-17-18-19-20-21-22-25-28-31-35-39-47(51)55-43-46(44-57-59(53,54)56-42-41-49(3,4)5)58-48(52)40-36-32-29-26-23-24-27-30-34-38-45(50)37-33-9-7-2/h9,12-13,15-16,18-19,21-22,27,30,33-34,38,45-46,50H,6-8,10-11,14,17,20,23-26,28-29,31-32,35-37,39-44H2,1-5H3/p+1/b13-12-,16-15-,19-18-,22-21-,30-27+,33-9+,38-34+/t45?,46-/m1/s1. The van der Waals surface area contributed by atoms with Gasteiger partial charge in [-0.2, -0.15) is 0 Å². The second-order valence-electron chi connectivity index (χ2n) is 15.9. The lowest BCUT2D eigenvalue weighted by Gasteiger charge is -2.24. The number of nitrogens with zero attached hydrogens (tertiary/aromatic N) is 1. The van der Waals surface area contributed by atoms with E-state index in [4.69, 9.17) is 18.5 Å². The van der Waals surface area contributed by atoms with Crippen molar-refractivity contribution >= 4 is 19.8 Å². The van der Waals surface area contributed by atoms with Crippen LogP contribution in [0.2, 0.25) is 0 Å². The van der Waals surface area contributed by atoms with Crippen molar-refractivity contribution in [3.05, 3.63) is 85.1 Å². The average molecular weight is 849 g/mol. The lowest BCUT2D eigenvalue weighted by molar-refractivity contribution is -0.870. The number of likely N-dealkylation sites (N-methyl/N-ethyl adjacent to an activating group) is 1. The molecule has 2 unspecified atom stereocenters. The maximum atomic E-state index is 12.7. The lowest BCUT2D eigenvalue weighted by atomic mass is 10.1. The van der Waals surface area contributed by atoms with Gasteiger partial charge in [0.05, 0.1) is 33.9 Å². The Morgan fingerprint density at radius 1 is 0.627 bits per heavy atom. The van der Waals surface area contributed by atoms with E-state index in [1.165, 1.54) is 25.7 Å². The number of quaternary nitrogens is 1. The minimum absolute atomic E-state index is 0.00774. The molecule has 0 aliphatic heterocycles. The summed E-state index contributed by atoms with van der Waals surface area (Å²) < 4.78 is 34.2. The molecule has 0 bridgehead atoms. The van der Waals surface area contributed by atoms with E-state index in [9.17, 15) is 24.2 Å². The molecule has 59 heavy (non-hydrogen) atoms. The Hall–Kier alpha value is -2.85. The monoisotopic (exact) mass is 849 g/mol. The third-order valence-corrected chi connectivity index (χ3v) is 9.97. The zero-order valence-corrected chi connectivity index (χ0v) is 38.5. The molecule has 0 rings (SSSR count). The molecule has 0 fully saturated rings. The molecule has 0 aromatic carbocycles. The van der Waals surface area contributed by atoms with Crippen molar-refractivity contribution < 1.29 is 47.2 Å². The second-order valence-corrected chi connectivity index (χ2v) is 17.3. The molecule has 0 amide bonds. The number of unbranched alkanes of at least 4 members (excludes halogenated alkanes) is 11. The summed E-state index contributed by atoms with van der Waals surface area (Å²) in [7, 11) is 1.39. The first-order valence-electron chi connectivity index (χ1n) is 22.4. The van der Waals surface area contributed by atoms with Crippen molar-refractivity contribution in [2.45, 2.75) is 161 Å². The van der Waals surface area contributed by atoms with Crippen molar-refractivity contribution in [3.63, 3.8) is 0 Å². The van der Waals surface area contributed by atoms with Gasteiger partial charge < -0.3 is 24.0 Å². The first-order chi connectivity index (χ1) is 28.4. The van der Waals surface area contributed by atoms with Crippen molar-refractivity contribution in [3.8, 4) is 0 Å². The quantitative estimate of drug-likeness (QED) is 0.0155. The normalized spacial score (nSPS) is 14.9. The van der Waals surface area contributed by atoms with Crippen LogP contribution in [0, 0.1) is 0 Å². The van der Waals surface area contributed by atoms with Crippen LogP contribution >= 0.6 is 7.82 Å². The van der Waals surface area contributed by atoms with Crippen LogP contribution < -0.4 is 0 Å². The summed E-state index contributed by atoms with van der Waals surface area (Å²) >= 11 is 0. The third kappa shape index (κ3) is 43.1. The van der Waals surface area contributed by atoms with Gasteiger partial charge in [-0.3, -0.25) is 18.6 Å². The molecule has 338 valence electrons. The number of esters is 2. The van der Waals surface area contributed by atoms with Crippen LogP contribution in [0.4, 0.5) is 0 Å². The molecule has 0 radical (unpaired) electrons. The number of aliphatic hydroxyl groups is 1. The maximum absolute atomic E-state index is 12.7. The number of aliphatic hydroxyl groups excluding tert-OH is 1. The van der Waals surface area contributed by atoms with Crippen LogP contribution in [0.25, 0.3) is 0 Å². The fraction of sp³-hybridized carbons (Fsp3) is 0.667. The summed E-state index contributed by atoms with van der Waals surface area (Å²) in [4.78, 5) is 35.4. The zero-order chi connectivity index (χ0) is 43.7. The number of carbonyl (C=O) groups is 2. The fourth-order valence-corrected chi connectivity index (χ4v) is 6.18. The Labute approximate surface area is 359 Å². The van der Waals surface area contributed by atoms with Crippen molar-refractivity contribution in [1.82, 2.24) is 0 Å². The molecule has 0 aromatic heterocycles. The first kappa shape index (κ1) is 56.1. The van der Waals surface area contributed by atoms with Gasteiger partial charge in [0.1, 0.15) is 19.8 Å². The summed E-state index contributed by atoms with van der Waals surface area (Å²) in [6.45, 7) is 4.08. The van der Waals surface area contributed by atoms with Crippen LogP contribution in [-0.2, 0) is 32.7 Å². The predicted octanol–water partition coefficient (Wildman–Crippen LogP) is 11.8. The highest BCUT2D eigenvalue weighted by atomic mass is 31.2. The van der Waals surface area contributed by atoms with Gasteiger partial charge in [-0.1, -0.05) is 137 Å². The van der Waals surface area contributed by atoms with Gasteiger partial charge in [0.15, 0.2) is 6.10 Å². The molecule has 0 heterocycles. The molecule has 10 nitrogen and oxygen atoms in total. The van der Waals surface area contributed by atoms with E-state index in [-0.39, 0.29) is 26.1 Å². The van der Waals surface area contributed by atoms with Gasteiger partial charge in [-0.25, -0.2) is 4.57 Å².